The molecule has 0 amide bonds. The van der Waals surface area contributed by atoms with E-state index in [-0.39, 0.29) is 5.54 Å². The van der Waals surface area contributed by atoms with Crippen molar-refractivity contribution in [2.75, 3.05) is 6.61 Å². The molecule has 1 heterocycles. The summed E-state index contributed by atoms with van der Waals surface area (Å²) in [5, 5.41) is 0. The third-order valence-electron chi connectivity index (χ3n) is 4.43. The maximum absolute atomic E-state index is 5.76. The minimum absolute atomic E-state index is 0.107. The molecule has 0 radical (unpaired) electrons. The Morgan fingerprint density at radius 2 is 1.47 bits per heavy atom. The van der Waals surface area contributed by atoms with E-state index in [2.05, 4.69) is 20.8 Å². The predicted octanol–water partition coefficient (Wildman–Crippen LogP) is 5.50. The van der Waals surface area contributed by atoms with E-state index >= 15 is 0 Å². The Hall–Kier alpha value is -0.530. The summed E-state index contributed by atoms with van der Waals surface area (Å²) < 4.78 is 5.76. The second-order valence-electron chi connectivity index (χ2n) is 5.95. The van der Waals surface area contributed by atoms with Crippen molar-refractivity contribution in [1.82, 2.24) is 0 Å². The van der Waals surface area contributed by atoms with Crippen molar-refractivity contribution in [1.29, 1.82) is 0 Å². The van der Waals surface area contributed by atoms with Gasteiger partial charge in [0.25, 0.3) is 0 Å². The van der Waals surface area contributed by atoms with Gasteiger partial charge in [-0.1, -0.05) is 65.7 Å². The minimum Gasteiger partial charge on any atom is -0.478 e. The third kappa shape index (κ3) is 5.97. The van der Waals surface area contributed by atoms with Gasteiger partial charge < -0.3 is 4.74 Å². The average molecular weight is 267 g/mol. The van der Waals surface area contributed by atoms with E-state index < -0.39 is 0 Å². The van der Waals surface area contributed by atoms with E-state index in [0.717, 1.165) is 31.8 Å². The molecule has 2 heteroatoms. The van der Waals surface area contributed by atoms with Crippen LogP contribution in [0.4, 0.5) is 0 Å². The molecule has 1 rings (SSSR count). The van der Waals surface area contributed by atoms with Gasteiger partial charge in [-0.05, 0) is 19.3 Å². The van der Waals surface area contributed by atoms with Crippen molar-refractivity contribution in [3.63, 3.8) is 0 Å². The Morgan fingerprint density at radius 3 is 2.00 bits per heavy atom. The summed E-state index contributed by atoms with van der Waals surface area (Å²) in [7, 11) is 0. The molecule has 1 aliphatic rings. The molecule has 1 aliphatic heterocycles. The SMILES string of the molecule is CCCCCCCCCCC1=NC(CC)(CC)CO1. The molecular formula is C17H33NO. The first-order valence-corrected chi connectivity index (χ1v) is 8.48. The highest BCUT2D eigenvalue weighted by molar-refractivity contribution is 5.78. The van der Waals surface area contributed by atoms with Crippen LogP contribution in [-0.4, -0.2) is 18.0 Å². The largest absolute Gasteiger partial charge is 0.478 e. The van der Waals surface area contributed by atoms with Crippen LogP contribution in [0.5, 0.6) is 0 Å². The quantitative estimate of drug-likeness (QED) is 0.453. The first kappa shape index (κ1) is 16.5. The summed E-state index contributed by atoms with van der Waals surface area (Å²) in [5.74, 6) is 1.02. The first-order chi connectivity index (χ1) is 9.26. The lowest BCUT2D eigenvalue weighted by Crippen LogP contribution is -2.25. The third-order valence-corrected chi connectivity index (χ3v) is 4.43. The molecule has 0 saturated heterocycles. The lowest BCUT2D eigenvalue weighted by molar-refractivity contribution is 0.240. The summed E-state index contributed by atoms with van der Waals surface area (Å²) in [5.41, 5.74) is 0.107. The molecule has 0 saturated carbocycles. The van der Waals surface area contributed by atoms with Crippen LogP contribution < -0.4 is 0 Å². The van der Waals surface area contributed by atoms with E-state index in [1.54, 1.807) is 0 Å². The van der Waals surface area contributed by atoms with E-state index in [9.17, 15) is 0 Å². The number of unbranched alkanes of at least 4 members (excludes halogenated alkanes) is 7. The Labute approximate surface area is 120 Å². The predicted molar refractivity (Wildman–Crippen MR) is 83.9 cm³/mol. The molecule has 0 atom stereocenters. The van der Waals surface area contributed by atoms with Crippen LogP contribution >= 0.6 is 0 Å². The first-order valence-electron chi connectivity index (χ1n) is 8.48. The molecule has 0 spiro atoms. The highest BCUT2D eigenvalue weighted by Gasteiger charge is 2.32. The van der Waals surface area contributed by atoms with Crippen LogP contribution in [-0.2, 0) is 4.74 Å². The fourth-order valence-electron chi connectivity index (χ4n) is 2.70. The zero-order valence-electron chi connectivity index (χ0n) is 13.3. The second-order valence-corrected chi connectivity index (χ2v) is 5.95. The minimum atomic E-state index is 0.107. The van der Waals surface area contributed by atoms with Gasteiger partial charge in [0.05, 0.1) is 5.54 Å². The van der Waals surface area contributed by atoms with Gasteiger partial charge in [0.1, 0.15) is 6.61 Å². The average Bonchev–Trinajstić information content (AvgIpc) is 2.86. The van der Waals surface area contributed by atoms with E-state index in [0.29, 0.717) is 0 Å². The van der Waals surface area contributed by atoms with Crippen molar-refractivity contribution >= 4 is 5.90 Å². The van der Waals surface area contributed by atoms with E-state index in [1.165, 1.54) is 51.4 Å². The monoisotopic (exact) mass is 267 g/mol. The summed E-state index contributed by atoms with van der Waals surface area (Å²) in [6.07, 6.45) is 14.2. The van der Waals surface area contributed by atoms with Gasteiger partial charge in [-0.2, -0.15) is 0 Å². The standard InChI is InChI=1S/C17H33NO/c1-4-7-8-9-10-11-12-13-14-16-18-17(5-2,6-3)15-19-16/h4-15H2,1-3H3. The molecule has 0 bridgehead atoms. The molecule has 0 unspecified atom stereocenters. The number of rotatable bonds is 11. The van der Waals surface area contributed by atoms with Gasteiger partial charge >= 0.3 is 0 Å². The molecule has 19 heavy (non-hydrogen) atoms. The van der Waals surface area contributed by atoms with Gasteiger partial charge in [-0.15, -0.1) is 0 Å². The molecule has 0 aromatic heterocycles. The fourth-order valence-corrected chi connectivity index (χ4v) is 2.70. The van der Waals surface area contributed by atoms with E-state index in [1.807, 2.05) is 0 Å². The number of nitrogens with zero attached hydrogens (tertiary/aromatic N) is 1. The molecule has 0 aromatic carbocycles. The van der Waals surface area contributed by atoms with Crippen molar-refractivity contribution in [2.45, 2.75) is 96.9 Å². The van der Waals surface area contributed by atoms with Crippen LogP contribution in [0, 0.1) is 0 Å². The van der Waals surface area contributed by atoms with Crippen LogP contribution in [0.2, 0.25) is 0 Å². The Morgan fingerprint density at radius 1 is 0.895 bits per heavy atom. The lowest BCUT2D eigenvalue weighted by Gasteiger charge is -2.18. The van der Waals surface area contributed by atoms with Crippen molar-refractivity contribution in [3.05, 3.63) is 0 Å². The zero-order valence-corrected chi connectivity index (χ0v) is 13.3. The van der Waals surface area contributed by atoms with Gasteiger partial charge in [0.2, 0.25) is 0 Å². The fraction of sp³-hybridized carbons (Fsp3) is 0.941. The highest BCUT2D eigenvalue weighted by atomic mass is 16.5. The molecule has 2 nitrogen and oxygen atoms in total. The molecule has 0 fully saturated rings. The topological polar surface area (TPSA) is 21.6 Å². The van der Waals surface area contributed by atoms with Crippen LogP contribution in [0.25, 0.3) is 0 Å². The van der Waals surface area contributed by atoms with Gasteiger partial charge in [0, 0.05) is 6.42 Å². The number of ether oxygens (including phenoxy) is 1. The number of aliphatic imine (C=N–C) groups is 1. The number of hydrogen-bond acceptors (Lipinski definition) is 2. The van der Waals surface area contributed by atoms with Gasteiger partial charge in [-0.25, -0.2) is 4.99 Å². The Bertz CT molecular complexity index is 256. The summed E-state index contributed by atoms with van der Waals surface area (Å²) >= 11 is 0. The summed E-state index contributed by atoms with van der Waals surface area (Å²) in [6, 6.07) is 0. The maximum atomic E-state index is 5.76. The molecule has 0 aliphatic carbocycles. The Balaban J connectivity index is 2.04. The van der Waals surface area contributed by atoms with Crippen LogP contribution in [0.1, 0.15) is 91.4 Å². The zero-order chi connectivity index (χ0) is 14.0. The van der Waals surface area contributed by atoms with E-state index in [4.69, 9.17) is 9.73 Å². The summed E-state index contributed by atoms with van der Waals surface area (Å²) in [6.45, 7) is 7.52. The summed E-state index contributed by atoms with van der Waals surface area (Å²) in [4.78, 5) is 4.81. The van der Waals surface area contributed by atoms with Crippen LogP contribution in [0.3, 0.4) is 0 Å². The molecule has 0 N–H and O–H groups in total. The number of hydrogen-bond donors (Lipinski definition) is 0. The van der Waals surface area contributed by atoms with Crippen molar-refractivity contribution in [3.8, 4) is 0 Å². The maximum Gasteiger partial charge on any atom is 0.183 e. The smallest absolute Gasteiger partial charge is 0.183 e. The second kappa shape index (κ2) is 9.39. The van der Waals surface area contributed by atoms with Gasteiger partial charge in [0.15, 0.2) is 5.90 Å². The molecular weight excluding hydrogens is 234 g/mol. The normalized spacial score (nSPS) is 17.3. The van der Waals surface area contributed by atoms with Crippen LogP contribution in [0.15, 0.2) is 4.99 Å². The van der Waals surface area contributed by atoms with Gasteiger partial charge in [-0.3, -0.25) is 0 Å². The highest BCUT2D eigenvalue weighted by Crippen LogP contribution is 2.27. The lowest BCUT2D eigenvalue weighted by atomic mass is 9.96. The molecule has 112 valence electrons. The van der Waals surface area contributed by atoms with Crippen molar-refractivity contribution < 1.29 is 4.74 Å². The van der Waals surface area contributed by atoms with Crippen molar-refractivity contribution in [2.24, 2.45) is 4.99 Å². The molecule has 0 aromatic rings. The Kier molecular flexibility index (Phi) is 8.16.